The third kappa shape index (κ3) is 3.58. The molecule has 6 heteroatoms. The molecule has 4 nitrogen and oxygen atoms in total. The zero-order chi connectivity index (χ0) is 16.8. The van der Waals surface area contributed by atoms with Gasteiger partial charge < -0.3 is 10.2 Å². The zero-order valence-electron chi connectivity index (χ0n) is 15.0. The molecule has 0 bridgehead atoms. The highest BCUT2D eigenvalue weighted by Gasteiger charge is 2.37. The number of rotatable bonds is 4. The minimum Gasteiger partial charge on any atom is -0.360 e. The molecule has 3 rings (SSSR count). The van der Waals surface area contributed by atoms with Gasteiger partial charge in [-0.3, -0.25) is 9.98 Å². The molecule has 0 fully saturated rings. The lowest BCUT2D eigenvalue weighted by atomic mass is 9.90. The van der Waals surface area contributed by atoms with Crippen LogP contribution in [-0.2, 0) is 0 Å². The van der Waals surface area contributed by atoms with E-state index in [-0.39, 0.29) is 5.54 Å². The molecule has 0 radical (unpaired) electrons. The fourth-order valence-corrected chi connectivity index (χ4v) is 5.35. The number of nitrogens with one attached hydrogen (secondary N) is 1. The van der Waals surface area contributed by atoms with E-state index < -0.39 is 0 Å². The minimum atomic E-state index is 0.0428. The maximum absolute atomic E-state index is 4.95. The molecule has 0 aromatic rings. The second-order valence-electron chi connectivity index (χ2n) is 7.89. The van der Waals surface area contributed by atoms with E-state index >= 15 is 0 Å². The monoisotopic (exact) mass is 352 g/mol. The van der Waals surface area contributed by atoms with Gasteiger partial charge in [0.1, 0.15) is 0 Å². The minimum absolute atomic E-state index is 0.0428. The predicted molar refractivity (Wildman–Crippen MR) is 104 cm³/mol. The summed E-state index contributed by atoms with van der Waals surface area (Å²) in [6.07, 6.45) is 0. The smallest absolute Gasteiger partial charge is 0.168 e. The first-order valence-corrected chi connectivity index (χ1v) is 10.3. The summed E-state index contributed by atoms with van der Waals surface area (Å²) in [6, 6.07) is 0.861. The molecule has 3 aliphatic rings. The second kappa shape index (κ2) is 6.36. The van der Waals surface area contributed by atoms with E-state index in [1.54, 1.807) is 11.8 Å². The Morgan fingerprint density at radius 1 is 1.35 bits per heavy atom. The number of amidine groups is 2. The van der Waals surface area contributed by atoms with Gasteiger partial charge in [-0.2, -0.15) is 0 Å². The van der Waals surface area contributed by atoms with E-state index in [4.69, 9.17) is 9.98 Å². The molecular weight excluding hydrogens is 324 g/mol. The van der Waals surface area contributed by atoms with Crippen molar-refractivity contribution in [1.29, 1.82) is 0 Å². The fraction of sp³-hybridized carbons (Fsp3) is 0.765. The average Bonchev–Trinajstić information content (AvgIpc) is 3.08. The third-order valence-electron chi connectivity index (χ3n) is 4.50. The van der Waals surface area contributed by atoms with Crippen LogP contribution in [0, 0.1) is 11.8 Å². The first-order chi connectivity index (χ1) is 10.8. The van der Waals surface area contributed by atoms with E-state index in [9.17, 15) is 0 Å². The molecular formula is C17H28N4S2. The molecule has 0 spiro atoms. The maximum Gasteiger partial charge on any atom is 0.168 e. The fourth-order valence-electron chi connectivity index (χ4n) is 3.25. The molecule has 0 aliphatic carbocycles. The summed E-state index contributed by atoms with van der Waals surface area (Å²) in [5.74, 6) is 2.14. The molecule has 0 aromatic carbocycles. The van der Waals surface area contributed by atoms with Gasteiger partial charge in [-0.25, -0.2) is 0 Å². The Morgan fingerprint density at radius 3 is 2.70 bits per heavy atom. The lowest BCUT2D eigenvalue weighted by molar-refractivity contribution is 0.348. The Kier molecular flexibility index (Phi) is 4.76. The van der Waals surface area contributed by atoms with Crippen LogP contribution in [0.15, 0.2) is 21.1 Å². The SMILES string of the molecule is CC(C)[C@H]1NC(SCC2=CSC3=NC(C)(C)CN23)=N[C@H]1C(C)C. The Bertz CT molecular complexity index is 563. The van der Waals surface area contributed by atoms with Crippen LogP contribution in [0.3, 0.4) is 0 Å². The van der Waals surface area contributed by atoms with Gasteiger partial charge in [0, 0.05) is 18.0 Å². The Morgan fingerprint density at radius 2 is 2.09 bits per heavy atom. The van der Waals surface area contributed by atoms with Gasteiger partial charge in [0.15, 0.2) is 10.3 Å². The Balaban J connectivity index is 1.60. The third-order valence-corrected chi connectivity index (χ3v) is 6.35. The molecule has 2 atom stereocenters. The Hall–Kier alpha value is -0.620. The number of thioether (sulfide) groups is 2. The lowest BCUT2D eigenvalue weighted by Crippen LogP contribution is -2.40. The molecule has 0 unspecified atom stereocenters. The summed E-state index contributed by atoms with van der Waals surface area (Å²) in [4.78, 5) is 12.1. The summed E-state index contributed by atoms with van der Waals surface area (Å²) in [5, 5.41) is 8.17. The van der Waals surface area contributed by atoms with E-state index in [2.05, 4.69) is 57.2 Å². The van der Waals surface area contributed by atoms with Crippen LogP contribution in [0.2, 0.25) is 0 Å². The van der Waals surface area contributed by atoms with Crippen LogP contribution in [0.1, 0.15) is 41.5 Å². The van der Waals surface area contributed by atoms with Gasteiger partial charge in [-0.05, 0) is 31.1 Å². The zero-order valence-corrected chi connectivity index (χ0v) is 16.6. The van der Waals surface area contributed by atoms with E-state index in [0.29, 0.717) is 23.9 Å². The molecule has 23 heavy (non-hydrogen) atoms. The molecule has 0 aromatic heterocycles. The van der Waals surface area contributed by atoms with Crippen molar-refractivity contribution in [3.63, 3.8) is 0 Å². The largest absolute Gasteiger partial charge is 0.360 e. The van der Waals surface area contributed by atoms with Crippen LogP contribution in [-0.4, -0.2) is 45.2 Å². The Labute approximate surface area is 148 Å². The number of hydrogen-bond acceptors (Lipinski definition) is 6. The van der Waals surface area contributed by atoms with Gasteiger partial charge in [-0.15, -0.1) is 0 Å². The number of nitrogens with zero attached hydrogens (tertiary/aromatic N) is 3. The number of aliphatic imine (C=N–C) groups is 2. The van der Waals surface area contributed by atoms with Gasteiger partial charge in [-0.1, -0.05) is 51.2 Å². The van der Waals surface area contributed by atoms with Crippen molar-refractivity contribution in [3.05, 3.63) is 11.1 Å². The van der Waals surface area contributed by atoms with Gasteiger partial charge in [0.25, 0.3) is 0 Å². The standard InChI is InChI=1S/C17H28N4S2/c1-10(2)13-14(11(3)4)19-15(18-13)22-7-12-8-23-16-20-17(5,6)9-21(12)16/h8,10-11,13-14H,7,9H2,1-6H3,(H,18,19)/t13-,14+. The predicted octanol–water partition coefficient (Wildman–Crippen LogP) is 3.77. The van der Waals surface area contributed by atoms with Crippen LogP contribution in [0.25, 0.3) is 0 Å². The average molecular weight is 353 g/mol. The number of hydrogen-bond donors (Lipinski definition) is 1. The summed E-state index contributed by atoms with van der Waals surface area (Å²) >= 11 is 3.59. The molecule has 3 aliphatic heterocycles. The summed E-state index contributed by atoms with van der Waals surface area (Å²) in [6.45, 7) is 14.5. The van der Waals surface area contributed by atoms with Crippen molar-refractivity contribution < 1.29 is 0 Å². The highest BCUT2D eigenvalue weighted by atomic mass is 32.2. The molecule has 0 amide bonds. The van der Waals surface area contributed by atoms with Crippen molar-refractivity contribution in [1.82, 2.24) is 10.2 Å². The van der Waals surface area contributed by atoms with Crippen LogP contribution >= 0.6 is 23.5 Å². The van der Waals surface area contributed by atoms with Crippen molar-refractivity contribution in [2.24, 2.45) is 21.8 Å². The van der Waals surface area contributed by atoms with Crippen LogP contribution in [0.5, 0.6) is 0 Å². The molecule has 128 valence electrons. The summed E-state index contributed by atoms with van der Waals surface area (Å²) in [5.41, 5.74) is 1.41. The lowest BCUT2D eigenvalue weighted by Gasteiger charge is -2.24. The molecule has 1 N–H and O–H groups in total. The first-order valence-electron chi connectivity index (χ1n) is 8.47. The van der Waals surface area contributed by atoms with Crippen molar-refractivity contribution in [3.8, 4) is 0 Å². The van der Waals surface area contributed by atoms with Gasteiger partial charge >= 0.3 is 0 Å². The highest BCUT2D eigenvalue weighted by Crippen LogP contribution is 2.37. The summed E-state index contributed by atoms with van der Waals surface area (Å²) in [7, 11) is 0. The highest BCUT2D eigenvalue weighted by molar-refractivity contribution is 8.17. The van der Waals surface area contributed by atoms with Gasteiger partial charge in [0.2, 0.25) is 0 Å². The van der Waals surface area contributed by atoms with Crippen molar-refractivity contribution in [2.75, 3.05) is 12.3 Å². The maximum atomic E-state index is 4.95. The van der Waals surface area contributed by atoms with E-state index in [0.717, 1.165) is 22.6 Å². The topological polar surface area (TPSA) is 40.0 Å². The molecule has 3 heterocycles. The van der Waals surface area contributed by atoms with E-state index in [1.165, 1.54) is 5.70 Å². The van der Waals surface area contributed by atoms with Crippen LogP contribution in [0.4, 0.5) is 0 Å². The molecule has 0 saturated heterocycles. The van der Waals surface area contributed by atoms with Crippen LogP contribution < -0.4 is 5.32 Å². The quantitative estimate of drug-likeness (QED) is 0.836. The second-order valence-corrected chi connectivity index (χ2v) is 9.69. The molecule has 0 saturated carbocycles. The first kappa shape index (κ1) is 17.2. The van der Waals surface area contributed by atoms with E-state index in [1.807, 2.05) is 11.8 Å². The van der Waals surface area contributed by atoms with Crippen molar-refractivity contribution in [2.45, 2.75) is 59.2 Å². The summed E-state index contributed by atoms with van der Waals surface area (Å²) < 4.78 is 0. The normalized spacial score (nSPS) is 28.9. The number of fused-ring (bicyclic) bond motifs is 1. The van der Waals surface area contributed by atoms with Crippen molar-refractivity contribution >= 4 is 33.9 Å². The van der Waals surface area contributed by atoms with Gasteiger partial charge in [0.05, 0.1) is 17.6 Å².